The van der Waals surface area contributed by atoms with Gasteiger partial charge in [-0.05, 0) is 43.0 Å². The maximum Gasteiger partial charge on any atom is 0.0606 e. The van der Waals surface area contributed by atoms with E-state index in [1.54, 1.807) is 0 Å². The lowest BCUT2D eigenvalue weighted by Gasteiger charge is -2.39. The van der Waals surface area contributed by atoms with E-state index in [-0.39, 0.29) is 6.61 Å². The van der Waals surface area contributed by atoms with Crippen molar-refractivity contribution in [2.45, 2.75) is 31.8 Å². The van der Waals surface area contributed by atoms with Gasteiger partial charge >= 0.3 is 0 Å². The Kier molecular flexibility index (Phi) is 4.42. The Bertz CT molecular complexity index is 380. The second kappa shape index (κ2) is 5.85. The summed E-state index contributed by atoms with van der Waals surface area (Å²) < 4.78 is 1.05. The van der Waals surface area contributed by atoms with Gasteiger partial charge in [-0.25, -0.2) is 0 Å². The van der Waals surface area contributed by atoms with Crippen molar-refractivity contribution in [2.24, 2.45) is 5.73 Å². The fourth-order valence-electron chi connectivity index (χ4n) is 2.25. The lowest BCUT2D eigenvalue weighted by Crippen LogP contribution is -2.42. The maximum atomic E-state index is 9.18. The van der Waals surface area contributed by atoms with Crippen LogP contribution in [0.2, 0.25) is 0 Å². The van der Waals surface area contributed by atoms with Crippen LogP contribution < -0.4 is 10.6 Å². The topological polar surface area (TPSA) is 49.5 Å². The molecule has 1 aromatic rings. The predicted molar refractivity (Wildman–Crippen MR) is 74.1 cm³/mol. The van der Waals surface area contributed by atoms with E-state index < -0.39 is 0 Å². The van der Waals surface area contributed by atoms with Crippen LogP contribution in [0.4, 0.5) is 5.69 Å². The van der Waals surface area contributed by atoms with Gasteiger partial charge < -0.3 is 15.7 Å². The molecule has 94 valence electrons. The van der Waals surface area contributed by atoms with Gasteiger partial charge in [0.2, 0.25) is 0 Å². The predicted octanol–water partition coefficient (Wildman–Crippen LogP) is 2.26. The number of nitrogens with zero attached hydrogens (tertiary/aromatic N) is 1. The monoisotopic (exact) mass is 298 g/mol. The van der Waals surface area contributed by atoms with Gasteiger partial charge in [0.25, 0.3) is 0 Å². The number of halogens is 1. The first-order valence-corrected chi connectivity index (χ1v) is 6.91. The van der Waals surface area contributed by atoms with Crippen LogP contribution in [0, 0.1) is 0 Å². The number of hydrogen-bond acceptors (Lipinski definition) is 3. The summed E-state index contributed by atoms with van der Waals surface area (Å²) in [6, 6.07) is 6.86. The second-order valence-electron chi connectivity index (χ2n) is 4.52. The van der Waals surface area contributed by atoms with Gasteiger partial charge in [0.05, 0.1) is 6.61 Å². The molecule has 2 rings (SSSR count). The molecule has 3 N–H and O–H groups in total. The smallest absolute Gasteiger partial charge is 0.0606 e. The molecule has 1 fully saturated rings. The molecule has 0 aromatic heterocycles. The Morgan fingerprint density at radius 2 is 2.12 bits per heavy atom. The number of nitrogens with two attached hydrogens (primary N) is 1. The van der Waals surface area contributed by atoms with E-state index in [0.717, 1.165) is 10.0 Å². The third kappa shape index (κ3) is 3.00. The Labute approximate surface area is 111 Å². The van der Waals surface area contributed by atoms with E-state index >= 15 is 0 Å². The quantitative estimate of drug-likeness (QED) is 0.877. The summed E-state index contributed by atoms with van der Waals surface area (Å²) >= 11 is 3.52. The Balaban J connectivity index is 2.24. The van der Waals surface area contributed by atoms with Crippen molar-refractivity contribution in [2.75, 3.05) is 18.1 Å². The number of hydrogen-bond donors (Lipinski definition) is 2. The van der Waals surface area contributed by atoms with Crippen LogP contribution in [0.1, 0.15) is 24.8 Å². The van der Waals surface area contributed by atoms with Crippen LogP contribution >= 0.6 is 15.9 Å². The number of rotatable bonds is 5. The highest BCUT2D eigenvalue weighted by molar-refractivity contribution is 9.10. The molecule has 0 aliphatic heterocycles. The first-order chi connectivity index (χ1) is 8.24. The molecule has 0 saturated heterocycles. The molecule has 17 heavy (non-hydrogen) atoms. The fourth-order valence-corrected chi connectivity index (χ4v) is 2.77. The molecule has 0 amide bonds. The Morgan fingerprint density at radius 3 is 2.65 bits per heavy atom. The molecule has 0 radical (unpaired) electrons. The van der Waals surface area contributed by atoms with E-state index in [2.05, 4.69) is 33.0 Å². The van der Waals surface area contributed by atoms with Crippen molar-refractivity contribution in [1.29, 1.82) is 0 Å². The number of anilines is 1. The van der Waals surface area contributed by atoms with Gasteiger partial charge in [0.1, 0.15) is 0 Å². The minimum absolute atomic E-state index is 0.195. The molecule has 0 atom stereocenters. The van der Waals surface area contributed by atoms with Crippen molar-refractivity contribution in [3.8, 4) is 0 Å². The zero-order valence-corrected chi connectivity index (χ0v) is 11.5. The largest absolute Gasteiger partial charge is 0.395 e. The van der Waals surface area contributed by atoms with Crippen LogP contribution in [0.15, 0.2) is 22.7 Å². The highest BCUT2D eigenvalue weighted by Gasteiger charge is 2.25. The standard InChI is InChI=1S/C13H19BrN2O/c14-11-6-10(9-15)7-13(8-11)16(4-5-17)12-2-1-3-12/h6-8,12,17H,1-5,9,15H2. The summed E-state index contributed by atoms with van der Waals surface area (Å²) in [5.74, 6) is 0. The highest BCUT2D eigenvalue weighted by atomic mass is 79.9. The molecular weight excluding hydrogens is 280 g/mol. The summed E-state index contributed by atoms with van der Waals surface area (Å²) in [5.41, 5.74) is 7.98. The zero-order chi connectivity index (χ0) is 12.3. The van der Waals surface area contributed by atoms with Crippen LogP contribution in [0.5, 0.6) is 0 Å². The van der Waals surface area contributed by atoms with Crippen molar-refractivity contribution < 1.29 is 5.11 Å². The molecule has 4 heteroatoms. The summed E-state index contributed by atoms with van der Waals surface area (Å²) in [6.45, 7) is 1.44. The third-order valence-corrected chi connectivity index (χ3v) is 3.82. The molecule has 1 saturated carbocycles. The summed E-state index contributed by atoms with van der Waals surface area (Å²) in [5, 5.41) is 9.18. The first kappa shape index (κ1) is 12.9. The number of aliphatic hydroxyl groups excluding tert-OH is 1. The van der Waals surface area contributed by atoms with E-state index in [1.807, 2.05) is 6.07 Å². The van der Waals surface area contributed by atoms with Crippen LogP contribution in [-0.2, 0) is 6.54 Å². The molecular formula is C13H19BrN2O. The Hall–Kier alpha value is -0.580. The lowest BCUT2D eigenvalue weighted by atomic mass is 9.91. The maximum absolute atomic E-state index is 9.18. The molecule has 0 unspecified atom stereocenters. The van der Waals surface area contributed by atoms with Gasteiger partial charge in [-0.3, -0.25) is 0 Å². The number of aliphatic hydroxyl groups is 1. The van der Waals surface area contributed by atoms with Crippen molar-refractivity contribution >= 4 is 21.6 Å². The lowest BCUT2D eigenvalue weighted by molar-refractivity contribution is 0.283. The summed E-state index contributed by atoms with van der Waals surface area (Å²) in [4.78, 5) is 2.30. The normalized spacial score (nSPS) is 15.7. The van der Waals surface area contributed by atoms with E-state index in [0.29, 0.717) is 19.1 Å². The van der Waals surface area contributed by atoms with Crippen LogP contribution in [0.3, 0.4) is 0 Å². The van der Waals surface area contributed by atoms with Crippen molar-refractivity contribution in [1.82, 2.24) is 0 Å². The highest BCUT2D eigenvalue weighted by Crippen LogP contribution is 2.31. The molecule has 0 spiro atoms. The molecule has 1 aliphatic rings. The average Bonchev–Trinajstić information content (AvgIpc) is 2.25. The van der Waals surface area contributed by atoms with Gasteiger partial charge in [-0.2, -0.15) is 0 Å². The van der Waals surface area contributed by atoms with Gasteiger partial charge in [0, 0.05) is 29.3 Å². The summed E-state index contributed by atoms with van der Waals surface area (Å²) in [7, 11) is 0. The van der Waals surface area contributed by atoms with Crippen LogP contribution in [0.25, 0.3) is 0 Å². The zero-order valence-electron chi connectivity index (χ0n) is 9.90. The molecule has 1 aromatic carbocycles. The molecule has 3 nitrogen and oxygen atoms in total. The van der Waals surface area contributed by atoms with Gasteiger partial charge in [-0.15, -0.1) is 0 Å². The average molecular weight is 299 g/mol. The molecule has 1 aliphatic carbocycles. The third-order valence-electron chi connectivity index (χ3n) is 3.37. The fraction of sp³-hybridized carbons (Fsp3) is 0.538. The van der Waals surface area contributed by atoms with Crippen molar-refractivity contribution in [3.63, 3.8) is 0 Å². The first-order valence-electron chi connectivity index (χ1n) is 6.11. The van der Waals surface area contributed by atoms with Crippen LogP contribution in [-0.4, -0.2) is 24.3 Å². The van der Waals surface area contributed by atoms with Gasteiger partial charge in [0.15, 0.2) is 0 Å². The molecule has 0 bridgehead atoms. The van der Waals surface area contributed by atoms with E-state index in [1.165, 1.54) is 24.9 Å². The SMILES string of the molecule is NCc1cc(Br)cc(N(CCO)C2CCC2)c1. The minimum Gasteiger partial charge on any atom is -0.395 e. The van der Waals surface area contributed by atoms with Gasteiger partial charge in [-0.1, -0.05) is 15.9 Å². The number of benzene rings is 1. The minimum atomic E-state index is 0.195. The summed E-state index contributed by atoms with van der Waals surface area (Å²) in [6.07, 6.45) is 3.75. The van der Waals surface area contributed by atoms with E-state index in [9.17, 15) is 5.11 Å². The van der Waals surface area contributed by atoms with Crippen molar-refractivity contribution in [3.05, 3.63) is 28.2 Å². The second-order valence-corrected chi connectivity index (χ2v) is 5.44. The van der Waals surface area contributed by atoms with E-state index in [4.69, 9.17) is 5.73 Å². The Morgan fingerprint density at radius 1 is 1.35 bits per heavy atom. The molecule has 0 heterocycles.